The molecule has 2 aromatic rings. The molecule has 2 amide bonds. The number of aromatic nitrogens is 2. The molecule has 26 heavy (non-hydrogen) atoms. The number of carboxylic acid groups (broad SMARTS) is 1. The van der Waals surface area contributed by atoms with Crippen LogP contribution in [0.3, 0.4) is 0 Å². The quantitative estimate of drug-likeness (QED) is 0.688. The highest BCUT2D eigenvalue weighted by atomic mass is 79.9. The van der Waals surface area contributed by atoms with Crippen LogP contribution in [-0.2, 0) is 4.79 Å². The molecule has 1 fully saturated rings. The van der Waals surface area contributed by atoms with E-state index < -0.39 is 12.1 Å². The Hall–Kier alpha value is -2.35. The fourth-order valence-electron chi connectivity index (χ4n) is 3.28. The smallest absolute Gasteiger partial charge is 0.405 e. The second-order valence-corrected chi connectivity index (χ2v) is 7.20. The van der Waals surface area contributed by atoms with Gasteiger partial charge in [0.25, 0.3) is 0 Å². The number of hydrogen-bond donors (Lipinski definition) is 3. The number of hydrogen-bond acceptors (Lipinski definition) is 3. The number of nitrogens with one attached hydrogen (secondary N) is 2. The second-order valence-electron chi connectivity index (χ2n) is 6.29. The first-order valence-electron chi connectivity index (χ1n) is 8.60. The minimum Gasteiger partial charge on any atom is -0.465 e. The molecule has 2 heterocycles. The zero-order valence-corrected chi connectivity index (χ0v) is 16.0. The normalized spacial score (nSPS) is 17.9. The zero-order chi connectivity index (χ0) is 18.7. The average Bonchev–Trinajstić information content (AvgIpc) is 3.28. The monoisotopic (exact) mass is 420 g/mol. The van der Waals surface area contributed by atoms with Crippen molar-refractivity contribution in [3.05, 3.63) is 40.8 Å². The minimum atomic E-state index is -1.18. The molecule has 3 rings (SSSR count). The van der Waals surface area contributed by atoms with E-state index in [1.54, 1.807) is 18.0 Å². The number of benzene rings is 1. The van der Waals surface area contributed by atoms with Gasteiger partial charge in [0.05, 0.1) is 17.9 Å². The predicted octanol–water partition coefficient (Wildman–Crippen LogP) is 3.55. The zero-order valence-electron chi connectivity index (χ0n) is 14.4. The van der Waals surface area contributed by atoms with Crippen LogP contribution in [-0.4, -0.2) is 44.6 Å². The number of likely N-dealkylation sites (tertiary alicyclic amines) is 1. The summed E-state index contributed by atoms with van der Waals surface area (Å²) in [4.78, 5) is 33.2. The van der Waals surface area contributed by atoms with Crippen LogP contribution in [0, 0.1) is 0 Å². The summed E-state index contributed by atoms with van der Waals surface area (Å²) in [7, 11) is 0. The molecule has 0 saturated carbocycles. The number of carbonyl (C=O) groups is 2. The SMILES string of the molecule is CCC(NC(=O)O)C(=O)N1CCCC1c1ncc(-c2ccc(Br)cc2)[nH]1. The molecule has 8 heteroatoms. The van der Waals surface area contributed by atoms with E-state index in [1.165, 1.54) is 0 Å². The first-order chi connectivity index (χ1) is 12.5. The maximum atomic E-state index is 12.8. The highest BCUT2D eigenvalue weighted by Crippen LogP contribution is 2.32. The standard InChI is InChI=1S/C18H21BrN4O3/c1-2-13(22-18(25)26)17(24)23-9-3-4-15(23)16-20-10-14(21-16)11-5-7-12(19)8-6-11/h5-8,10,13,15,22H,2-4,9H2,1H3,(H,20,21)(H,25,26). The summed E-state index contributed by atoms with van der Waals surface area (Å²) in [6, 6.07) is 7.02. The summed E-state index contributed by atoms with van der Waals surface area (Å²) in [5, 5.41) is 11.2. The van der Waals surface area contributed by atoms with Gasteiger partial charge in [0.1, 0.15) is 11.9 Å². The van der Waals surface area contributed by atoms with Gasteiger partial charge in [-0.15, -0.1) is 0 Å². The van der Waals surface area contributed by atoms with E-state index in [0.29, 0.717) is 13.0 Å². The van der Waals surface area contributed by atoms with E-state index in [2.05, 4.69) is 31.2 Å². The molecule has 2 unspecified atom stereocenters. The van der Waals surface area contributed by atoms with Gasteiger partial charge in [-0.2, -0.15) is 0 Å². The van der Waals surface area contributed by atoms with Crippen LogP contribution in [0.1, 0.15) is 38.1 Å². The lowest BCUT2D eigenvalue weighted by Crippen LogP contribution is -2.47. The van der Waals surface area contributed by atoms with Gasteiger partial charge in [-0.05, 0) is 37.0 Å². The Bertz CT molecular complexity index is 790. The van der Waals surface area contributed by atoms with Gasteiger partial charge < -0.3 is 20.3 Å². The molecular weight excluding hydrogens is 400 g/mol. The van der Waals surface area contributed by atoms with Crippen molar-refractivity contribution < 1.29 is 14.7 Å². The minimum absolute atomic E-state index is 0.156. The van der Waals surface area contributed by atoms with Crippen molar-refractivity contribution in [2.75, 3.05) is 6.54 Å². The van der Waals surface area contributed by atoms with Crippen LogP contribution in [0.5, 0.6) is 0 Å². The number of amides is 2. The molecular formula is C18H21BrN4O3. The van der Waals surface area contributed by atoms with E-state index in [4.69, 9.17) is 5.11 Å². The number of rotatable bonds is 5. The molecule has 1 aliphatic rings. The Kier molecular flexibility index (Phi) is 5.61. The second kappa shape index (κ2) is 7.90. The number of H-pyrrole nitrogens is 1. The Labute approximate surface area is 159 Å². The summed E-state index contributed by atoms with van der Waals surface area (Å²) in [5.74, 6) is 0.540. The van der Waals surface area contributed by atoms with Crippen LogP contribution in [0.15, 0.2) is 34.9 Å². The number of imidazole rings is 1. The lowest BCUT2D eigenvalue weighted by molar-refractivity contribution is -0.134. The van der Waals surface area contributed by atoms with E-state index in [1.807, 2.05) is 24.3 Å². The molecule has 0 spiro atoms. The third-order valence-corrected chi connectivity index (χ3v) is 5.13. The highest BCUT2D eigenvalue weighted by molar-refractivity contribution is 9.10. The fourth-order valence-corrected chi connectivity index (χ4v) is 3.55. The van der Waals surface area contributed by atoms with Crippen LogP contribution in [0.4, 0.5) is 4.79 Å². The maximum Gasteiger partial charge on any atom is 0.405 e. The van der Waals surface area contributed by atoms with E-state index in [0.717, 1.165) is 34.4 Å². The summed E-state index contributed by atoms with van der Waals surface area (Å²) < 4.78 is 1.00. The lowest BCUT2D eigenvalue weighted by atomic mass is 10.1. The van der Waals surface area contributed by atoms with Gasteiger partial charge in [-0.1, -0.05) is 35.0 Å². The first kappa shape index (κ1) is 18.4. The van der Waals surface area contributed by atoms with Crippen molar-refractivity contribution in [1.29, 1.82) is 0 Å². The Morgan fingerprint density at radius 1 is 1.42 bits per heavy atom. The van der Waals surface area contributed by atoms with Crippen molar-refractivity contribution in [2.24, 2.45) is 0 Å². The molecule has 0 bridgehead atoms. The molecule has 138 valence electrons. The lowest BCUT2D eigenvalue weighted by Gasteiger charge is -2.27. The Balaban J connectivity index is 1.79. The van der Waals surface area contributed by atoms with Gasteiger partial charge in [0, 0.05) is 11.0 Å². The molecule has 0 radical (unpaired) electrons. The summed E-state index contributed by atoms with van der Waals surface area (Å²) >= 11 is 3.42. The third kappa shape index (κ3) is 3.90. The van der Waals surface area contributed by atoms with Crippen molar-refractivity contribution in [2.45, 2.75) is 38.3 Å². The Morgan fingerprint density at radius 2 is 2.15 bits per heavy atom. The van der Waals surface area contributed by atoms with Crippen molar-refractivity contribution in [3.63, 3.8) is 0 Å². The average molecular weight is 421 g/mol. The van der Waals surface area contributed by atoms with Crippen molar-refractivity contribution >= 4 is 27.9 Å². The van der Waals surface area contributed by atoms with Gasteiger partial charge in [0.15, 0.2) is 0 Å². The summed E-state index contributed by atoms with van der Waals surface area (Å²) in [6.07, 6.45) is 2.68. The third-order valence-electron chi connectivity index (χ3n) is 4.61. The van der Waals surface area contributed by atoms with E-state index >= 15 is 0 Å². The summed E-state index contributed by atoms with van der Waals surface area (Å²) in [5.41, 5.74) is 1.91. The fraction of sp³-hybridized carbons (Fsp3) is 0.389. The van der Waals surface area contributed by atoms with E-state index in [-0.39, 0.29) is 11.9 Å². The van der Waals surface area contributed by atoms with Gasteiger partial charge in [-0.3, -0.25) is 4.79 Å². The van der Waals surface area contributed by atoms with E-state index in [9.17, 15) is 9.59 Å². The number of nitrogens with zero attached hydrogens (tertiary/aromatic N) is 2. The molecule has 1 aliphatic heterocycles. The predicted molar refractivity (Wildman–Crippen MR) is 101 cm³/mol. The van der Waals surface area contributed by atoms with Gasteiger partial charge in [0.2, 0.25) is 5.91 Å². The molecule has 2 atom stereocenters. The van der Waals surface area contributed by atoms with Crippen molar-refractivity contribution in [3.8, 4) is 11.3 Å². The number of carbonyl (C=O) groups excluding carboxylic acids is 1. The van der Waals surface area contributed by atoms with Gasteiger partial charge >= 0.3 is 6.09 Å². The van der Waals surface area contributed by atoms with Crippen LogP contribution >= 0.6 is 15.9 Å². The van der Waals surface area contributed by atoms with Gasteiger partial charge in [-0.25, -0.2) is 9.78 Å². The van der Waals surface area contributed by atoms with Crippen LogP contribution in [0.25, 0.3) is 11.3 Å². The number of aromatic amines is 1. The molecule has 7 nitrogen and oxygen atoms in total. The highest BCUT2D eigenvalue weighted by Gasteiger charge is 2.35. The largest absolute Gasteiger partial charge is 0.465 e. The molecule has 1 saturated heterocycles. The molecule has 1 aromatic carbocycles. The molecule has 0 aliphatic carbocycles. The molecule has 3 N–H and O–H groups in total. The van der Waals surface area contributed by atoms with Crippen LogP contribution in [0.2, 0.25) is 0 Å². The maximum absolute atomic E-state index is 12.8. The Morgan fingerprint density at radius 3 is 2.81 bits per heavy atom. The summed E-state index contributed by atoms with van der Waals surface area (Å²) in [6.45, 7) is 2.40. The van der Waals surface area contributed by atoms with Crippen molar-refractivity contribution in [1.82, 2.24) is 20.2 Å². The topological polar surface area (TPSA) is 98.3 Å². The first-order valence-corrected chi connectivity index (χ1v) is 9.39. The number of halogens is 1. The van der Waals surface area contributed by atoms with Crippen LogP contribution < -0.4 is 5.32 Å². The molecule has 1 aromatic heterocycles.